The van der Waals surface area contributed by atoms with Gasteiger partial charge in [-0.1, -0.05) is 18.2 Å². The molecule has 0 radical (unpaired) electrons. The Morgan fingerprint density at radius 1 is 1.24 bits per heavy atom. The Kier molecular flexibility index (Phi) is 3.03. The quantitative estimate of drug-likeness (QED) is 0.859. The molecule has 1 aromatic carbocycles. The summed E-state index contributed by atoms with van der Waals surface area (Å²) in [5.74, 6) is 0. The van der Waals surface area contributed by atoms with Crippen molar-refractivity contribution in [1.82, 2.24) is 9.78 Å². The summed E-state index contributed by atoms with van der Waals surface area (Å²) >= 11 is 0. The van der Waals surface area contributed by atoms with Gasteiger partial charge in [0, 0.05) is 24.8 Å². The van der Waals surface area contributed by atoms with Crippen LogP contribution in [0.2, 0.25) is 0 Å². The Balaban J connectivity index is 2.60. The summed E-state index contributed by atoms with van der Waals surface area (Å²) in [5, 5.41) is 4.46. The lowest BCUT2D eigenvalue weighted by atomic mass is 9.97. The van der Waals surface area contributed by atoms with Crippen LogP contribution in [0.3, 0.4) is 0 Å². The van der Waals surface area contributed by atoms with Crippen LogP contribution < -0.4 is 5.73 Å². The molecule has 0 spiro atoms. The van der Waals surface area contributed by atoms with Gasteiger partial charge in [-0.05, 0) is 37.5 Å². The van der Waals surface area contributed by atoms with Gasteiger partial charge in [0.05, 0.1) is 5.69 Å². The molecule has 0 fully saturated rings. The average Bonchev–Trinajstić information content (AvgIpc) is 2.54. The van der Waals surface area contributed by atoms with Gasteiger partial charge in [0.25, 0.3) is 0 Å². The molecule has 0 atom stereocenters. The second-order valence-electron chi connectivity index (χ2n) is 4.52. The van der Waals surface area contributed by atoms with E-state index in [1.165, 1.54) is 27.9 Å². The van der Waals surface area contributed by atoms with E-state index in [-0.39, 0.29) is 0 Å². The summed E-state index contributed by atoms with van der Waals surface area (Å²) in [6, 6.07) is 6.39. The summed E-state index contributed by atoms with van der Waals surface area (Å²) in [6.07, 6.45) is 0. The Hall–Kier alpha value is -1.61. The predicted molar refractivity (Wildman–Crippen MR) is 70.7 cm³/mol. The molecular weight excluding hydrogens is 210 g/mol. The lowest BCUT2D eigenvalue weighted by Gasteiger charge is -2.08. The van der Waals surface area contributed by atoms with Gasteiger partial charge < -0.3 is 5.73 Å². The van der Waals surface area contributed by atoms with Crippen molar-refractivity contribution < 1.29 is 0 Å². The minimum absolute atomic E-state index is 0.589. The molecule has 0 bridgehead atoms. The second-order valence-corrected chi connectivity index (χ2v) is 4.52. The highest BCUT2D eigenvalue weighted by molar-refractivity contribution is 5.71. The van der Waals surface area contributed by atoms with Crippen molar-refractivity contribution in [1.29, 1.82) is 0 Å². The fourth-order valence-electron chi connectivity index (χ4n) is 2.30. The molecule has 1 aromatic heterocycles. The maximum absolute atomic E-state index is 5.65. The Morgan fingerprint density at radius 3 is 2.41 bits per heavy atom. The van der Waals surface area contributed by atoms with Crippen molar-refractivity contribution >= 4 is 0 Å². The van der Waals surface area contributed by atoms with Crippen LogP contribution in [0.5, 0.6) is 0 Å². The molecule has 0 saturated carbocycles. The first-order valence-corrected chi connectivity index (χ1v) is 5.84. The van der Waals surface area contributed by atoms with Crippen LogP contribution in [-0.4, -0.2) is 9.78 Å². The van der Waals surface area contributed by atoms with Crippen molar-refractivity contribution in [3.63, 3.8) is 0 Å². The van der Waals surface area contributed by atoms with E-state index in [1.54, 1.807) is 0 Å². The van der Waals surface area contributed by atoms with E-state index in [1.807, 2.05) is 11.7 Å². The molecule has 3 heteroatoms. The number of nitrogens with two attached hydrogens (primary N) is 1. The highest BCUT2D eigenvalue weighted by atomic mass is 15.3. The standard InChI is InChI=1S/C14H19N3/c1-9-7-12(8-15)5-6-13(9)14-10(2)16-17(4)11(14)3/h5-7H,8,15H2,1-4H3. The maximum Gasteiger partial charge on any atom is 0.0674 e. The summed E-state index contributed by atoms with van der Waals surface area (Å²) in [5.41, 5.74) is 12.9. The van der Waals surface area contributed by atoms with Crippen LogP contribution in [0, 0.1) is 20.8 Å². The van der Waals surface area contributed by atoms with Crippen molar-refractivity contribution in [3.8, 4) is 11.1 Å². The molecule has 0 aliphatic carbocycles. The largest absolute Gasteiger partial charge is 0.326 e. The monoisotopic (exact) mass is 229 g/mol. The Labute approximate surface area is 102 Å². The second kappa shape index (κ2) is 4.34. The molecule has 17 heavy (non-hydrogen) atoms. The third-order valence-corrected chi connectivity index (χ3v) is 3.30. The molecule has 2 N–H and O–H groups in total. The first-order valence-electron chi connectivity index (χ1n) is 5.84. The number of aromatic nitrogens is 2. The third kappa shape index (κ3) is 1.98. The molecular formula is C14H19N3. The Morgan fingerprint density at radius 2 is 1.94 bits per heavy atom. The number of benzene rings is 1. The highest BCUT2D eigenvalue weighted by Crippen LogP contribution is 2.29. The molecule has 90 valence electrons. The minimum Gasteiger partial charge on any atom is -0.326 e. The van der Waals surface area contributed by atoms with Gasteiger partial charge in [-0.25, -0.2) is 0 Å². The van der Waals surface area contributed by atoms with E-state index in [0.717, 1.165) is 5.69 Å². The topological polar surface area (TPSA) is 43.8 Å². The minimum atomic E-state index is 0.589. The fourth-order valence-corrected chi connectivity index (χ4v) is 2.30. The number of rotatable bonds is 2. The van der Waals surface area contributed by atoms with E-state index < -0.39 is 0 Å². The SMILES string of the molecule is Cc1cc(CN)ccc1-c1c(C)nn(C)c1C. The van der Waals surface area contributed by atoms with Gasteiger partial charge in [-0.2, -0.15) is 5.10 Å². The first-order chi connectivity index (χ1) is 8.04. The molecule has 0 aliphatic rings. The molecule has 1 heterocycles. The van der Waals surface area contributed by atoms with Gasteiger partial charge in [-0.3, -0.25) is 4.68 Å². The van der Waals surface area contributed by atoms with Crippen molar-refractivity contribution in [2.75, 3.05) is 0 Å². The van der Waals surface area contributed by atoms with Crippen molar-refractivity contribution in [2.24, 2.45) is 12.8 Å². The summed E-state index contributed by atoms with van der Waals surface area (Å²) in [4.78, 5) is 0. The van der Waals surface area contributed by atoms with Gasteiger partial charge >= 0.3 is 0 Å². The lowest BCUT2D eigenvalue weighted by Crippen LogP contribution is -1.97. The molecule has 0 amide bonds. The molecule has 0 unspecified atom stereocenters. The molecule has 2 aromatic rings. The first kappa shape index (κ1) is 11.9. The summed E-state index contributed by atoms with van der Waals surface area (Å²) < 4.78 is 1.93. The maximum atomic E-state index is 5.65. The van der Waals surface area contributed by atoms with E-state index in [0.29, 0.717) is 6.54 Å². The fraction of sp³-hybridized carbons (Fsp3) is 0.357. The zero-order valence-electron chi connectivity index (χ0n) is 10.9. The van der Waals surface area contributed by atoms with E-state index in [2.05, 4.69) is 44.1 Å². The van der Waals surface area contributed by atoms with Crippen molar-refractivity contribution in [2.45, 2.75) is 27.3 Å². The van der Waals surface area contributed by atoms with Gasteiger partial charge in [0.2, 0.25) is 0 Å². The molecule has 0 aliphatic heterocycles. The van der Waals surface area contributed by atoms with Crippen molar-refractivity contribution in [3.05, 3.63) is 40.7 Å². The molecule has 0 saturated heterocycles. The van der Waals surface area contributed by atoms with Crippen LogP contribution in [0.25, 0.3) is 11.1 Å². The highest BCUT2D eigenvalue weighted by Gasteiger charge is 2.13. The lowest BCUT2D eigenvalue weighted by molar-refractivity contribution is 0.731. The van der Waals surface area contributed by atoms with Gasteiger partial charge in [0.1, 0.15) is 0 Å². The number of hydrogen-bond donors (Lipinski definition) is 1. The average molecular weight is 229 g/mol. The van der Waals surface area contributed by atoms with Gasteiger partial charge in [-0.15, -0.1) is 0 Å². The van der Waals surface area contributed by atoms with Crippen LogP contribution >= 0.6 is 0 Å². The predicted octanol–water partition coefficient (Wildman–Crippen LogP) is 2.47. The van der Waals surface area contributed by atoms with Gasteiger partial charge in [0.15, 0.2) is 0 Å². The normalized spacial score (nSPS) is 10.9. The van der Waals surface area contributed by atoms with Crippen LogP contribution in [0.4, 0.5) is 0 Å². The van der Waals surface area contributed by atoms with Crippen LogP contribution in [-0.2, 0) is 13.6 Å². The summed E-state index contributed by atoms with van der Waals surface area (Å²) in [6.45, 7) is 6.87. The Bertz CT molecular complexity index is 553. The smallest absolute Gasteiger partial charge is 0.0674 e. The summed E-state index contributed by atoms with van der Waals surface area (Å²) in [7, 11) is 1.98. The number of hydrogen-bond acceptors (Lipinski definition) is 2. The molecule has 2 rings (SSSR count). The number of nitrogens with zero attached hydrogens (tertiary/aromatic N) is 2. The zero-order chi connectivity index (χ0) is 12.6. The molecule has 3 nitrogen and oxygen atoms in total. The van der Waals surface area contributed by atoms with E-state index in [9.17, 15) is 0 Å². The van der Waals surface area contributed by atoms with Crippen LogP contribution in [0.1, 0.15) is 22.5 Å². The number of aryl methyl sites for hydroxylation is 3. The van der Waals surface area contributed by atoms with Crippen LogP contribution in [0.15, 0.2) is 18.2 Å². The van der Waals surface area contributed by atoms with E-state index in [4.69, 9.17) is 5.73 Å². The zero-order valence-corrected chi connectivity index (χ0v) is 10.9. The third-order valence-electron chi connectivity index (χ3n) is 3.30. The van der Waals surface area contributed by atoms with E-state index >= 15 is 0 Å².